The van der Waals surface area contributed by atoms with Crippen LogP contribution >= 0.6 is 15.9 Å². The molecule has 1 fully saturated rings. The van der Waals surface area contributed by atoms with Gasteiger partial charge in [-0.2, -0.15) is 0 Å². The molecular formula is C16H20BrNO2. The van der Waals surface area contributed by atoms with E-state index < -0.39 is 0 Å². The highest BCUT2D eigenvalue weighted by molar-refractivity contribution is 9.10. The standard InChI is InChI=1S/C16H20BrNO2/c1-12-6-7-13(11-19)10-18(12)16(20)9-8-14-4-2-3-5-15(14)17/h2-5,8-9,12-13,19H,6-7,10-11H2,1H3/b9-8+. The van der Waals surface area contributed by atoms with Crippen LogP contribution in [0.4, 0.5) is 0 Å². The zero-order valence-electron chi connectivity index (χ0n) is 11.6. The summed E-state index contributed by atoms with van der Waals surface area (Å²) in [6, 6.07) is 8.05. The lowest BCUT2D eigenvalue weighted by Crippen LogP contribution is -2.45. The van der Waals surface area contributed by atoms with Crippen molar-refractivity contribution in [2.45, 2.75) is 25.8 Å². The quantitative estimate of drug-likeness (QED) is 0.861. The first-order valence-electron chi connectivity index (χ1n) is 6.96. The number of halogens is 1. The third-order valence-electron chi connectivity index (χ3n) is 3.83. The molecule has 1 amide bonds. The molecule has 2 rings (SSSR count). The van der Waals surface area contributed by atoms with Gasteiger partial charge in [-0.15, -0.1) is 0 Å². The molecule has 1 aromatic rings. The normalized spacial score (nSPS) is 23.2. The van der Waals surface area contributed by atoms with E-state index in [-0.39, 0.29) is 24.5 Å². The molecule has 108 valence electrons. The summed E-state index contributed by atoms with van der Waals surface area (Å²) < 4.78 is 0.976. The fraction of sp³-hybridized carbons (Fsp3) is 0.438. The number of benzene rings is 1. The minimum atomic E-state index is 0.0198. The molecule has 1 aliphatic heterocycles. The third-order valence-corrected chi connectivity index (χ3v) is 4.55. The summed E-state index contributed by atoms with van der Waals surface area (Å²) in [4.78, 5) is 14.2. The minimum Gasteiger partial charge on any atom is -0.396 e. The van der Waals surface area contributed by atoms with Crippen LogP contribution in [0.1, 0.15) is 25.3 Å². The second-order valence-electron chi connectivity index (χ2n) is 5.32. The summed E-state index contributed by atoms with van der Waals surface area (Å²) in [5, 5.41) is 9.26. The van der Waals surface area contributed by atoms with Gasteiger partial charge in [-0.05, 0) is 43.4 Å². The summed E-state index contributed by atoms with van der Waals surface area (Å²) in [6.45, 7) is 2.87. The number of aliphatic hydroxyl groups excluding tert-OH is 1. The van der Waals surface area contributed by atoms with Gasteiger partial charge in [-0.3, -0.25) is 4.79 Å². The molecule has 3 nitrogen and oxygen atoms in total. The maximum absolute atomic E-state index is 12.3. The average Bonchev–Trinajstić information content (AvgIpc) is 2.46. The van der Waals surface area contributed by atoms with Crippen molar-refractivity contribution in [1.29, 1.82) is 0 Å². The van der Waals surface area contributed by atoms with Gasteiger partial charge in [0.25, 0.3) is 0 Å². The highest BCUT2D eigenvalue weighted by Gasteiger charge is 2.27. The van der Waals surface area contributed by atoms with Gasteiger partial charge in [0.05, 0.1) is 0 Å². The van der Waals surface area contributed by atoms with Crippen molar-refractivity contribution in [3.63, 3.8) is 0 Å². The zero-order valence-corrected chi connectivity index (χ0v) is 13.2. The van der Waals surface area contributed by atoms with E-state index in [1.165, 1.54) is 0 Å². The zero-order chi connectivity index (χ0) is 14.5. The fourth-order valence-electron chi connectivity index (χ4n) is 2.51. The molecule has 1 heterocycles. The predicted molar refractivity (Wildman–Crippen MR) is 84.2 cm³/mol. The van der Waals surface area contributed by atoms with E-state index in [2.05, 4.69) is 22.9 Å². The van der Waals surface area contributed by atoms with Crippen LogP contribution in [0.15, 0.2) is 34.8 Å². The van der Waals surface area contributed by atoms with E-state index in [4.69, 9.17) is 0 Å². The summed E-state index contributed by atoms with van der Waals surface area (Å²) in [5.74, 6) is 0.235. The van der Waals surface area contributed by atoms with Gasteiger partial charge < -0.3 is 10.0 Å². The Bertz CT molecular complexity index is 501. The first-order chi connectivity index (χ1) is 9.61. The molecular weight excluding hydrogens is 318 g/mol. The Labute approximate surface area is 128 Å². The Kier molecular flexibility index (Phi) is 5.38. The molecule has 20 heavy (non-hydrogen) atoms. The Morgan fingerprint density at radius 2 is 2.20 bits per heavy atom. The van der Waals surface area contributed by atoms with Crippen LogP contribution in [-0.2, 0) is 4.79 Å². The van der Waals surface area contributed by atoms with Gasteiger partial charge in [0.15, 0.2) is 0 Å². The average molecular weight is 338 g/mol. The first-order valence-corrected chi connectivity index (χ1v) is 7.75. The second-order valence-corrected chi connectivity index (χ2v) is 6.17. The van der Waals surface area contributed by atoms with Crippen molar-refractivity contribution in [1.82, 2.24) is 4.90 Å². The Hall–Kier alpha value is -1.13. The number of nitrogens with zero attached hydrogens (tertiary/aromatic N) is 1. The molecule has 0 aliphatic carbocycles. The molecule has 1 aliphatic rings. The molecule has 2 atom stereocenters. The molecule has 2 unspecified atom stereocenters. The lowest BCUT2D eigenvalue weighted by molar-refractivity contribution is -0.130. The van der Waals surface area contributed by atoms with Crippen molar-refractivity contribution < 1.29 is 9.90 Å². The van der Waals surface area contributed by atoms with Crippen LogP contribution in [0.25, 0.3) is 6.08 Å². The molecule has 0 bridgehead atoms. The number of rotatable bonds is 3. The Morgan fingerprint density at radius 3 is 2.90 bits per heavy atom. The number of likely N-dealkylation sites (tertiary alicyclic amines) is 1. The fourth-order valence-corrected chi connectivity index (χ4v) is 2.92. The maximum atomic E-state index is 12.3. The van der Waals surface area contributed by atoms with Crippen molar-refractivity contribution >= 4 is 27.9 Å². The molecule has 4 heteroatoms. The summed E-state index contributed by atoms with van der Waals surface area (Å²) >= 11 is 3.47. The van der Waals surface area contributed by atoms with Crippen LogP contribution in [0.3, 0.4) is 0 Å². The van der Waals surface area contributed by atoms with Gasteiger partial charge in [-0.1, -0.05) is 34.1 Å². The Balaban J connectivity index is 2.05. The van der Waals surface area contributed by atoms with Crippen LogP contribution in [0, 0.1) is 5.92 Å². The third kappa shape index (κ3) is 3.70. The minimum absolute atomic E-state index is 0.0198. The van der Waals surface area contributed by atoms with Crippen LogP contribution in [0.2, 0.25) is 0 Å². The molecule has 0 aromatic heterocycles. The number of hydrogen-bond donors (Lipinski definition) is 1. The van der Waals surface area contributed by atoms with E-state index in [0.29, 0.717) is 6.54 Å². The van der Waals surface area contributed by atoms with Gasteiger partial charge in [0.1, 0.15) is 0 Å². The predicted octanol–water partition coefficient (Wildman–Crippen LogP) is 3.08. The van der Waals surface area contributed by atoms with E-state index in [0.717, 1.165) is 22.9 Å². The number of carbonyl (C=O) groups excluding carboxylic acids is 1. The van der Waals surface area contributed by atoms with Crippen molar-refractivity contribution in [2.24, 2.45) is 5.92 Å². The monoisotopic (exact) mass is 337 g/mol. The Morgan fingerprint density at radius 1 is 1.45 bits per heavy atom. The molecule has 1 N–H and O–H groups in total. The van der Waals surface area contributed by atoms with Crippen LogP contribution in [0.5, 0.6) is 0 Å². The van der Waals surface area contributed by atoms with E-state index >= 15 is 0 Å². The number of hydrogen-bond acceptors (Lipinski definition) is 2. The van der Waals surface area contributed by atoms with Crippen molar-refractivity contribution in [2.75, 3.05) is 13.2 Å². The largest absolute Gasteiger partial charge is 0.396 e. The lowest BCUT2D eigenvalue weighted by Gasteiger charge is -2.36. The maximum Gasteiger partial charge on any atom is 0.246 e. The molecule has 1 saturated heterocycles. The topological polar surface area (TPSA) is 40.5 Å². The van der Waals surface area contributed by atoms with E-state index in [1.54, 1.807) is 6.08 Å². The first kappa shape index (κ1) is 15.3. The van der Waals surface area contributed by atoms with E-state index in [1.807, 2.05) is 35.2 Å². The summed E-state index contributed by atoms with van der Waals surface area (Å²) in [7, 11) is 0. The number of piperidine rings is 1. The summed E-state index contributed by atoms with van der Waals surface area (Å²) in [6.07, 6.45) is 5.41. The van der Waals surface area contributed by atoms with Crippen molar-refractivity contribution in [3.8, 4) is 0 Å². The van der Waals surface area contributed by atoms with Gasteiger partial charge in [0.2, 0.25) is 5.91 Å². The SMILES string of the molecule is CC1CCC(CO)CN1C(=O)/C=C/c1ccccc1Br. The highest BCUT2D eigenvalue weighted by Crippen LogP contribution is 2.22. The highest BCUT2D eigenvalue weighted by atomic mass is 79.9. The van der Waals surface area contributed by atoms with Crippen LogP contribution < -0.4 is 0 Å². The number of aliphatic hydroxyl groups is 1. The van der Waals surface area contributed by atoms with Crippen LogP contribution in [-0.4, -0.2) is 35.1 Å². The smallest absolute Gasteiger partial charge is 0.246 e. The van der Waals surface area contributed by atoms with E-state index in [9.17, 15) is 9.90 Å². The van der Waals surface area contributed by atoms with Crippen molar-refractivity contribution in [3.05, 3.63) is 40.4 Å². The lowest BCUT2D eigenvalue weighted by atomic mass is 9.94. The molecule has 0 spiro atoms. The molecule has 1 aromatic carbocycles. The molecule has 0 radical (unpaired) electrons. The summed E-state index contributed by atoms with van der Waals surface area (Å²) in [5.41, 5.74) is 0.990. The second kappa shape index (κ2) is 7.04. The molecule has 0 saturated carbocycles. The van der Waals surface area contributed by atoms with Gasteiger partial charge >= 0.3 is 0 Å². The number of amides is 1. The van der Waals surface area contributed by atoms with Gasteiger partial charge in [0, 0.05) is 29.7 Å². The number of carbonyl (C=O) groups is 1. The van der Waals surface area contributed by atoms with Gasteiger partial charge in [-0.25, -0.2) is 0 Å².